The Morgan fingerprint density at radius 1 is 1.45 bits per heavy atom. The molecule has 2 heterocycles. The molecule has 2 aliphatic heterocycles. The van der Waals surface area contributed by atoms with E-state index in [0.717, 1.165) is 23.6 Å². The normalized spacial score (nSPS) is 27.0. The SMILES string of the molecule is CC(=O)NC1(O)C(=O)N2C(C(=O)O)=C(COC(C)=O)CS[C@@H]21. The third-order valence-corrected chi connectivity index (χ3v) is 4.53. The fourth-order valence-corrected chi connectivity index (χ4v) is 3.62. The summed E-state index contributed by atoms with van der Waals surface area (Å²) in [5.41, 5.74) is -2.20. The van der Waals surface area contributed by atoms with Gasteiger partial charge >= 0.3 is 11.9 Å². The zero-order chi connectivity index (χ0) is 16.7. The summed E-state index contributed by atoms with van der Waals surface area (Å²) >= 11 is 1.07. The Labute approximate surface area is 129 Å². The van der Waals surface area contributed by atoms with Crippen LogP contribution in [0.15, 0.2) is 11.3 Å². The van der Waals surface area contributed by atoms with Gasteiger partial charge in [-0.2, -0.15) is 0 Å². The number of thioether (sulfide) groups is 1. The smallest absolute Gasteiger partial charge is 0.352 e. The third-order valence-electron chi connectivity index (χ3n) is 3.15. The minimum absolute atomic E-state index is 0.144. The van der Waals surface area contributed by atoms with Gasteiger partial charge in [0.2, 0.25) is 5.91 Å². The van der Waals surface area contributed by atoms with Gasteiger partial charge in [-0.1, -0.05) is 0 Å². The molecule has 0 radical (unpaired) electrons. The average Bonchev–Trinajstić information content (AvgIpc) is 2.42. The second-order valence-corrected chi connectivity index (χ2v) is 5.89. The number of aliphatic carboxylic acids is 1. The minimum Gasteiger partial charge on any atom is -0.477 e. The van der Waals surface area contributed by atoms with Gasteiger partial charge in [-0.15, -0.1) is 11.8 Å². The Hall–Kier alpha value is -2.07. The number of carbonyl (C=O) groups excluding carboxylic acids is 3. The Kier molecular flexibility index (Phi) is 4.16. The molecular formula is C12H14N2O7S. The predicted octanol–water partition coefficient (Wildman–Crippen LogP) is -1.37. The van der Waals surface area contributed by atoms with Crippen molar-refractivity contribution < 1.29 is 34.1 Å². The average molecular weight is 330 g/mol. The molecule has 22 heavy (non-hydrogen) atoms. The number of hydrogen-bond donors (Lipinski definition) is 3. The molecule has 2 aliphatic rings. The topological polar surface area (TPSA) is 133 Å². The van der Waals surface area contributed by atoms with Crippen molar-refractivity contribution in [1.82, 2.24) is 10.2 Å². The summed E-state index contributed by atoms with van der Waals surface area (Å²) in [5, 5.41) is 20.7. The lowest BCUT2D eigenvalue weighted by Gasteiger charge is -2.53. The van der Waals surface area contributed by atoms with E-state index < -0.39 is 34.9 Å². The number of nitrogens with one attached hydrogen (secondary N) is 1. The number of amides is 2. The minimum atomic E-state index is -2.12. The number of carboxylic acids is 1. The van der Waals surface area contributed by atoms with E-state index in [-0.39, 0.29) is 23.6 Å². The highest BCUT2D eigenvalue weighted by atomic mass is 32.2. The Bertz CT molecular complexity index is 602. The van der Waals surface area contributed by atoms with Crippen molar-refractivity contribution in [3.8, 4) is 0 Å². The van der Waals surface area contributed by atoms with E-state index in [4.69, 9.17) is 4.74 Å². The van der Waals surface area contributed by atoms with Crippen molar-refractivity contribution in [2.75, 3.05) is 12.4 Å². The molecule has 0 bridgehead atoms. The second-order valence-electron chi connectivity index (χ2n) is 4.82. The van der Waals surface area contributed by atoms with Gasteiger partial charge in [0.25, 0.3) is 11.6 Å². The van der Waals surface area contributed by atoms with Gasteiger partial charge in [-0.25, -0.2) is 4.79 Å². The van der Waals surface area contributed by atoms with Crippen LogP contribution in [0.4, 0.5) is 0 Å². The van der Waals surface area contributed by atoms with E-state index in [0.29, 0.717) is 0 Å². The van der Waals surface area contributed by atoms with Crippen molar-refractivity contribution >= 4 is 35.5 Å². The number of carboxylic acid groups (broad SMARTS) is 1. The van der Waals surface area contributed by atoms with E-state index in [2.05, 4.69) is 5.32 Å². The number of esters is 1. The molecule has 0 aromatic heterocycles. The first-order chi connectivity index (χ1) is 10.2. The highest BCUT2D eigenvalue weighted by molar-refractivity contribution is 8.00. The molecular weight excluding hydrogens is 316 g/mol. The summed E-state index contributed by atoms with van der Waals surface area (Å²) in [6.45, 7) is 2.07. The lowest BCUT2D eigenvalue weighted by Crippen LogP contribution is -2.79. The summed E-state index contributed by atoms with van der Waals surface area (Å²) in [6, 6.07) is 0. The molecule has 0 aliphatic carbocycles. The summed E-state index contributed by atoms with van der Waals surface area (Å²) in [7, 11) is 0. The molecule has 1 saturated heterocycles. The number of fused-ring (bicyclic) bond motifs is 1. The van der Waals surface area contributed by atoms with E-state index in [1.807, 2.05) is 0 Å². The number of rotatable bonds is 4. The number of ether oxygens (including phenoxy) is 1. The number of aliphatic hydroxyl groups is 1. The first-order valence-corrected chi connectivity index (χ1v) is 7.28. The molecule has 120 valence electrons. The van der Waals surface area contributed by atoms with Crippen molar-refractivity contribution in [2.45, 2.75) is 24.9 Å². The van der Waals surface area contributed by atoms with Crippen molar-refractivity contribution in [1.29, 1.82) is 0 Å². The highest BCUT2D eigenvalue weighted by Gasteiger charge is 2.65. The summed E-state index contributed by atoms with van der Waals surface area (Å²) in [4.78, 5) is 46.3. The van der Waals surface area contributed by atoms with E-state index in [9.17, 15) is 29.4 Å². The van der Waals surface area contributed by atoms with Gasteiger partial charge in [0.05, 0.1) is 0 Å². The fourth-order valence-electron chi connectivity index (χ4n) is 2.29. The lowest BCUT2D eigenvalue weighted by molar-refractivity contribution is -0.185. The van der Waals surface area contributed by atoms with Crippen LogP contribution in [0.25, 0.3) is 0 Å². The largest absolute Gasteiger partial charge is 0.477 e. The van der Waals surface area contributed by atoms with E-state index in [1.165, 1.54) is 6.92 Å². The summed E-state index contributed by atoms with van der Waals surface area (Å²) in [6.07, 6.45) is 0. The standard InChI is InChI=1S/C12H14N2O7S/c1-5(15)13-12(20)10(19)14-8(9(17)18)7(3-21-6(2)16)4-22-11(12)14/h11,20H,3-4H2,1-2H3,(H,13,15)(H,17,18)/t11-,12?/m1/s1. The number of β-lactam (4-membered cyclic amide) rings is 1. The quantitative estimate of drug-likeness (QED) is 0.326. The molecule has 0 aromatic carbocycles. The van der Waals surface area contributed by atoms with Crippen LogP contribution in [0.3, 0.4) is 0 Å². The van der Waals surface area contributed by atoms with Crippen LogP contribution < -0.4 is 5.32 Å². The molecule has 0 aromatic rings. The van der Waals surface area contributed by atoms with Crippen molar-refractivity contribution in [3.63, 3.8) is 0 Å². The summed E-state index contributed by atoms with van der Waals surface area (Å²) < 4.78 is 4.78. The van der Waals surface area contributed by atoms with Gasteiger partial charge in [0.1, 0.15) is 17.7 Å². The monoisotopic (exact) mass is 330 g/mol. The van der Waals surface area contributed by atoms with Crippen molar-refractivity contribution in [2.24, 2.45) is 0 Å². The maximum atomic E-state index is 12.1. The Morgan fingerprint density at radius 2 is 2.09 bits per heavy atom. The molecule has 1 fully saturated rings. The summed E-state index contributed by atoms with van der Waals surface area (Å²) in [5.74, 6) is -3.34. The molecule has 3 N–H and O–H groups in total. The Balaban J connectivity index is 2.30. The lowest BCUT2D eigenvalue weighted by atomic mass is 9.98. The van der Waals surface area contributed by atoms with Crippen LogP contribution >= 0.6 is 11.8 Å². The molecule has 9 nitrogen and oxygen atoms in total. The van der Waals surface area contributed by atoms with E-state index >= 15 is 0 Å². The van der Waals surface area contributed by atoms with Crippen LogP contribution in [0.1, 0.15) is 13.8 Å². The van der Waals surface area contributed by atoms with Crippen LogP contribution in [-0.4, -0.2) is 62.3 Å². The van der Waals surface area contributed by atoms with Gasteiger partial charge in [0.15, 0.2) is 0 Å². The van der Waals surface area contributed by atoms with Gasteiger partial charge in [0, 0.05) is 25.2 Å². The van der Waals surface area contributed by atoms with Crippen LogP contribution in [-0.2, 0) is 23.9 Å². The first kappa shape index (κ1) is 16.3. The molecule has 2 amide bonds. The van der Waals surface area contributed by atoms with Crippen molar-refractivity contribution in [3.05, 3.63) is 11.3 Å². The molecule has 2 rings (SSSR count). The zero-order valence-corrected chi connectivity index (χ0v) is 12.6. The molecule has 2 atom stereocenters. The van der Waals surface area contributed by atoms with E-state index in [1.54, 1.807) is 0 Å². The molecule has 10 heteroatoms. The predicted molar refractivity (Wildman–Crippen MR) is 73.2 cm³/mol. The third kappa shape index (κ3) is 2.55. The van der Waals surface area contributed by atoms with Crippen LogP contribution in [0, 0.1) is 0 Å². The Morgan fingerprint density at radius 3 is 2.59 bits per heavy atom. The number of carbonyl (C=O) groups is 4. The molecule has 0 saturated carbocycles. The van der Waals surface area contributed by atoms with Crippen LogP contribution in [0.5, 0.6) is 0 Å². The maximum Gasteiger partial charge on any atom is 0.352 e. The van der Waals surface area contributed by atoms with Gasteiger partial charge < -0.3 is 20.3 Å². The number of nitrogens with zero attached hydrogens (tertiary/aromatic N) is 1. The fraction of sp³-hybridized carbons (Fsp3) is 0.500. The number of hydrogen-bond acceptors (Lipinski definition) is 7. The highest BCUT2D eigenvalue weighted by Crippen LogP contribution is 2.44. The first-order valence-electron chi connectivity index (χ1n) is 6.23. The molecule has 0 spiro atoms. The zero-order valence-electron chi connectivity index (χ0n) is 11.8. The van der Waals surface area contributed by atoms with Crippen LogP contribution in [0.2, 0.25) is 0 Å². The molecule has 1 unspecified atom stereocenters. The second kappa shape index (κ2) is 5.61. The van der Waals surface area contributed by atoms with Gasteiger partial charge in [-0.3, -0.25) is 19.3 Å². The van der Waals surface area contributed by atoms with Gasteiger partial charge in [-0.05, 0) is 0 Å². The maximum absolute atomic E-state index is 12.1.